The van der Waals surface area contributed by atoms with Gasteiger partial charge < -0.3 is 14.6 Å². The molecule has 106 valence electrons. The average molecular weight is 331 g/mol. The van der Waals surface area contributed by atoms with Crippen molar-refractivity contribution >= 4 is 21.9 Å². The monoisotopic (exact) mass is 330 g/mol. The van der Waals surface area contributed by atoms with Crippen molar-refractivity contribution in [3.8, 4) is 11.5 Å². The summed E-state index contributed by atoms with van der Waals surface area (Å²) in [4.78, 5) is 11.2. The van der Waals surface area contributed by atoms with Crippen molar-refractivity contribution in [2.24, 2.45) is 0 Å². The van der Waals surface area contributed by atoms with Crippen molar-refractivity contribution < 1.29 is 19.4 Å². The van der Waals surface area contributed by atoms with Crippen LogP contribution in [0, 0.1) is 0 Å². The van der Waals surface area contributed by atoms with Crippen LogP contribution in [0.2, 0.25) is 0 Å². The molecule has 0 saturated carbocycles. The maximum atomic E-state index is 11.2. The highest BCUT2D eigenvalue weighted by Gasteiger charge is 2.17. The van der Waals surface area contributed by atoms with E-state index in [0.717, 1.165) is 25.7 Å². The number of carbonyl (C=O) groups is 1. The van der Waals surface area contributed by atoms with Crippen molar-refractivity contribution in [2.45, 2.75) is 32.6 Å². The van der Waals surface area contributed by atoms with E-state index in [2.05, 4.69) is 22.9 Å². The minimum Gasteiger partial charge on any atom is -0.493 e. The smallest absolute Gasteiger partial charge is 0.339 e. The minimum atomic E-state index is -1.02. The van der Waals surface area contributed by atoms with E-state index in [4.69, 9.17) is 9.47 Å². The molecule has 0 heterocycles. The van der Waals surface area contributed by atoms with E-state index in [9.17, 15) is 9.90 Å². The summed E-state index contributed by atoms with van der Waals surface area (Å²) in [6.45, 7) is 2.64. The first-order valence-corrected chi connectivity index (χ1v) is 7.13. The lowest BCUT2D eigenvalue weighted by atomic mass is 10.2. The molecular formula is C14H19BrO4. The van der Waals surface area contributed by atoms with Crippen molar-refractivity contribution in [2.75, 3.05) is 13.7 Å². The molecule has 0 fully saturated rings. The second-order valence-electron chi connectivity index (χ2n) is 4.20. The number of carboxylic acid groups (broad SMARTS) is 1. The largest absolute Gasteiger partial charge is 0.493 e. The summed E-state index contributed by atoms with van der Waals surface area (Å²) in [5.74, 6) is -0.292. The quantitative estimate of drug-likeness (QED) is 0.728. The zero-order valence-corrected chi connectivity index (χ0v) is 12.8. The molecule has 1 N–H and O–H groups in total. The molecule has 0 aliphatic carbocycles. The second-order valence-corrected chi connectivity index (χ2v) is 5.11. The highest BCUT2D eigenvalue weighted by atomic mass is 79.9. The highest BCUT2D eigenvalue weighted by molar-refractivity contribution is 9.10. The van der Waals surface area contributed by atoms with Crippen molar-refractivity contribution in [3.05, 3.63) is 22.2 Å². The van der Waals surface area contributed by atoms with Gasteiger partial charge in [0.2, 0.25) is 0 Å². The molecule has 5 heteroatoms. The minimum absolute atomic E-state index is 0.113. The third-order valence-corrected chi connectivity index (χ3v) is 3.17. The third kappa shape index (κ3) is 4.74. The van der Waals surface area contributed by atoms with Crippen LogP contribution in [0.3, 0.4) is 0 Å². The Morgan fingerprint density at radius 3 is 2.63 bits per heavy atom. The fourth-order valence-corrected chi connectivity index (χ4v) is 2.17. The number of rotatable bonds is 8. The van der Waals surface area contributed by atoms with Gasteiger partial charge >= 0.3 is 5.97 Å². The molecule has 1 rings (SSSR count). The molecule has 0 spiro atoms. The van der Waals surface area contributed by atoms with Gasteiger partial charge in [-0.15, -0.1) is 0 Å². The first-order chi connectivity index (χ1) is 9.10. The van der Waals surface area contributed by atoms with Crippen LogP contribution < -0.4 is 9.47 Å². The Morgan fingerprint density at radius 1 is 1.32 bits per heavy atom. The predicted molar refractivity (Wildman–Crippen MR) is 77.3 cm³/mol. The lowest BCUT2D eigenvalue weighted by molar-refractivity contribution is 0.0691. The molecule has 0 aliphatic heterocycles. The summed E-state index contributed by atoms with van der Waals surface area (Å²) in [7, 11) is 1.50. The van der Waals surface area contributed by atoms with Crippen LogP contribution in [-0.2, 0) is 0 Å². The van der Waals surface area contributed by atoms with Crippen LogP contribution in [-0.4, -0.2) is 24.8 Å². The van der Waals surface area contributed by atoms with Crippen LogP contribution in [0.5, 0.6) is 11.5 Å². The molecule has 1 aromatic rings. The lowest BCUT2D eigenvalue weighted by Crippen LogP contribution is -2.06. The van der Waals surface area contributed by atoms with Gasteiger partial charge in [-0.3, -0.25) is 0 Å². The fourth-order valence-electron chi connectivity index (χ4n) is 1.73. The summed E-state index contributed by atoms with van der Waals surface area (Å²) in [6.07, 6.45) is 4.30. The molecule has 0 aliphatic rings. The zero-order valence-electron chi connectivity index (χ0n) is 11.2. The van der Waals surface area contributed by atoms with Crippen LogP contribution in [0.15, 0.2) is 16.6 Å². The number of unbranched alkanes of at least 4 members (excludes halogenated alkanes) is 3. The first-order valence-electron chi connectivity index (χ1n) is 6.33. The van der Waals surface area contributed by atoms with Gasteiger partial charge in [-0.25, -0.2) is 4.79 Å². The van der Waals surface area contributed by atoms with Gasteiger partial charge in [-0.05, 0) is 18.6 Å². The normalized spacial score (nSPS) is 10.3. The Kier molecular flexibility index (Phi) is 6.70. The van der Waals surface area contributed by atoms with Gasteiger partial charge in [0.05, 0.1) is 13.7 Å². The lowest BCUT2D eigenvalue weighted by Gasteiger charge is -2.13. The van der Waals surface area contributed by atoms with E-state index < -0.39 is 5.97 Å². The molecule has 0 amide bonds. The van der Waals surface area contributed by atoms with E-state index in [-0.39, 0.29) is 5.56 Å². The van der Waals surface area contributed by atoms with Gasteiger partial charge in [0, 0.05) is 4.47 Å². The Hall–Kier alpha value is -1.23. The Bertz CT molecular complexity index is 432. The van der Waals surface area contributed by atoms with Gasteiger partial charge in [0.25, 0.3) is 0 Å². The summed E-state index contributed by atoms with van der Waals surface area (Å²) < 4.78 is 11.4. The number of carboxylic acids is 1. The molecule has 0 radical (unpaired) electrons. The zero-order chi connectivity index (χ0) is 14.3. The molecule has 0 unspecified atom stereocenters. The molecule has 0 atom stereocenters. The molecule has 1 aromatic carbocycles. The van der Waals surface area contributed by atoms with E-state index in [1.54, 1.807) is 6.07 Å². The molecule has 0 bridgehead atoms. The van der Waals surface area contributed by atoms with Crippen LogP contribution in [0.1, 0.15) is 43.0 Å². The van der Waals surface area contributed by atoms with E-state index >= 15 is 0 Å². The number of halogens is 1. The van der Waals surface area contributed by atoms with E-state index in [1.165, 1.54) is 13.2 Å². The summed E-state index contributed by atoms with van der Waals surface area (Å²) >= 11 is 3.26. The number of hydrogen-bond acceptors (Lipinski definition) is 3. The van der Waals surface area contributed by atoms with Gasteiger partial charge in [-0.2, -0.15) is 0 Å². The highest BCUT2D eigenvalue weighted by Crippen LogP contribution is 2.35. The van der Waals surface area contributed by atoms with Gasteiger partial charge in [0.15, 0.2) is 11.5 Å². The fraction of sp³-hybridized carbons (Fsp3) is 0.500. The Balaban J connectivity index is 2.81. The molecule has 0 aromatic heterocycles. The van der Waals surface area contributed by atoms with Crippen LogP contribution in [0.25, 0.3) is 0 Å². The van der Waals surface area contributed by atoms with Crippen molar-refractivity contribution in [1.82, 2.24) is 0 Å². The SMILES string of the molecule is CCCCCCOc1c(OC)cc(Br)cc1C(=O)O. The Labute approximate surface area is 121 Å². The van der Waals surface area contributed by atoms with Crippen molar-refractivity contribution in [1.29, 1.82) is 0 Å². The number of aromatic carboxylic acids is 1. The topological polar surface area (TPSA) is 55.8 Å². The third-order valence-electron chi connectivity index (χ3n) is 2.71. The van der Waals surface area contributed by atoms with E-state index in [1.807, 2.05) is 0 Å². The molecular weight excluding hydrogens is 312 g/mol. The maximum absolute atomic E-state index is 11.2. The predicted octanol–water partition coefficient (Wildman–Crippen LogP) is 4.12. The average Bonchev–Trinajstić information content (AvgIpc) is 2.38. The maximum Gasteiger partial charge on any atom is 0.339 e. The van der Waals surface area contributed by atoms with Crippen LogP contribution in [0.4, 0.5) is 0 Å². The summed E-state index contributed by atoms with van der Waals surface area (Å²) in [6, 6.07) is 3.22. The first kappa shape index (κ1) is 15.8. The standard InChI is InChI=1S/C14H19BrO4/c1-3-4-5-6-7-19-13-11(14(16)17)8-10(15)9-12(13)18-2/h8-9H,3-7H2,1-2H3,(H,16,17). The van der Waals surface area contributed by atoms with E-state index in [0.29, 0.717) is 22.6 Å². The number of ether oxygens (including phenoxy) is 2. The van der Waals surface area contributed by atoms with Gasteiger partial charge in [0.1, 0.15) is 5.56 Å². The number of hydrogen-bond donors (Lipinski definition) is 1. The number of benzene rings is 1. The Morgan fingerprint density at radius 2 is 2.05 bits per heavy atom. The molecule has 4 nitrogen and oxygen atoms in total. The number of methoxy groups -OCH3 is 1. The summed E-state index contributed by atoms with van der Waals surface area (Å²) in [5, 5.41) is 9.19. The molecule has 0 saturated heterocycles. The van der Waals surface area contributed by atoms with Crippen molar-refractivity contribution in [3.63, 3.8) is 0 Å². The summed E-state index contributed by atoms with van der Waals surface area (Å²) in [5.41, 5.74) is 0.113. The van der Waals surface area contributed by atoms with Gasteiger partial charge in [-0.1, -0.05) is 42.1 Å². The second kappa shape index (κ2) is 8.04. The molecule has 19 heavy (non-hydrogen) atoms. The van der Waals surface area contributed by atoms with Crippen LogP contribution >= 0.6 is 15.9 Å².